The summed E-state index contributed by atoms with van der Waals surface area (Å²) in [5, 5.41) is 19.6. The van der Waals surface area contributed by atoms with E-state index in [1.807, 2.05) is 0 Å². The van der Waals surface area contributed by atoms with Gasteiger partial charge in [-0.25, -0.2) is 0 Å². The molecule has 7 saturated heterocycles. The molecule has 0 spiro atoms. The van der Waals surface area contributed by atoms with Gasteiger partial charge >= 0.3 is 0 Å². The smallest absolute Gasteiger partial charge is 0.0900 e. The van der Waals surface area contributed by atoms with Crippen LogP contribution < -0.4 is 26.6 Å². The number of piperazine rings is 2. The number of hydrogen-bond donors (Lipinski definition) is 5. The van der Waals surface area contributed by atoms with Gasteiger partial charge in [-0.3, -0.25) is 20.4 Å². The molecule has 0 aromatic rings. The molecule has 8 rings (SSSR count). The zero-order valence-electron chi connectivity index (χ0n) is 18.1. The van der Waals surface area contributed by atoms with Crippen molar-refractivity contribution >= 4 is 0 Å². The highest BCUT2D eigenvalue weighted by Gasteiger charge is 2.71. The molecule has 7 heteroatoms. The van der Waals surface area contributed by atoms with Crippen LogP contribution in [0.1, 0.15) is 19.3 Å². The summed E-state index contributed by atoms with van der Waals surface area (Å²) in [5.74, 6) is 5.31. The lowest BCUT2D eigenvalue weighted by Gasteiger charge is -2.61. The van der Waals surface area contributed by atoms with E-state index in [9.17, 15) is 0 Å². The van der Waals surface area contributed by atoms with Crippen LogP contribution in [-0.2, 0) is 0 Å². The lowest BCUT2D eigenvalue weighted by molar-refractivity contribution is -0.134. The quantitative estimate of drug-likeness (QED) is 0.336. The van der Waals surface area contributed by atoms with Crippen molar-refractivity contribution < 1.29 is 0 Å². The highest BCUT2D eigenvalue weighted by atomic mass is 15.5. The molecule has 1 saturated carbocycles. The lowest BCUT2D eigenvalue weighted by Crippen LogP contribution is -2.79. The van der Waals surface area contributed by atoms with Crippen molar-refractivity contribution in [1.29, 1.82) is 0 Å². The Morgan fingerprint density at radius 3 is 1.60 bits per heavy atom. The van der Waals surface area contributed by atoms with E-state index in [1.165, 1.54) is 58.5 Å². The standard InChI is InChI=1S/C23H39N7/c1-4-24-9-13-12(1)18-14-10-25-5-2-16(14)29-20(18)21-19(13)15-11-26-6-3-17(15)30(21)23-22(29)27-7-8-28-23/h12-28H,1-11H2. The Hall–Kier alpha value is -0.280. The van der Waals surface area contributed by atoms with Crippen molar-refractivity contribution in [3.63, 3.8) is 0 Å². The van der Waals surface area contributed by atoms with Gasteiger partial charge in [0.2, 0.25) is 0 Å². The van der Waals surface area contributed by atoms with Crippen LogP contribution in [0.25, 0.3) is 0 Å². The fourth-order valence-electron chi connectivity index (χ4n) is 10.3. The second kappa shape index (κ2) is 6.62. The average Bonchev–Trinajstić information content (AvgIpc) is 3.34. The Kier molecular flexibility index (Phi) is 4.01. The fourth-order valence-corrected chi connectivity index (χ4v) is 10.3. The molecule has 166 valence electrons. The van der Waals surface area contributed by atoms with Crippen LogP contribution in [0.2, 0.25) is 0 Å². The maximum Gasteiger partial charge on any atom is 0.0900 e. The predicted octanol–water partition coefficient (Wildman–Crippen LogP) is -1.36. The van der Waals surface area contributed by atoms with Gasteiger partial charge in [0.15, 0.2) is 0 Å². The molecule has 0 aromatic carbocycles. The predicted molar refractivity (Wildman–Crippen MR) is 116 cm³/mol. The largest absolute Gasteiger partial charge is 0.316 e. The van der Waals surface area contributed by atoms with Gasteiger partial charge in [0.1, 0.15) is 0 Å². The van der Waals surface area contributed by atoms with E-state index in [0.717, 1.165) is 72.8 Å². The number of hydrogen-bond acceptors (Lipinski definition) is 7. The zero-order valence-corrected chi connectivity index (χ0v) is 18.1. The van der Waals surface area contributed by atoms with E-state index in [-0.39, 0.29) is 0 Å². The van der Waals surface area contributed by atoms with Crippen LogP contribution in [0.15, 0.2) is 0 Å². The number of piperidine rings is 3. The zero-order chi connectivity index (χ0) is 19.4. The van der Waals surface area contributed by atoms with E-state index in [2.05, 4.69) is 36.4 Å². The van der Waals surface area contributed by atoms with Crippen LogP contribution in [0.3, 0.4) is 0 Å². The Balaban J connectivity index is 1.31. The Bertz CT molecular complexity index is 589. The van der Waals surface area contributed by atoms with Gasteiger partial charge in [-0.15, -0.1) is 0 Å². The maximum atomic E-state index is 4.04. The second-order valence-electron chi connectivity index (χ2n) is 11.6. The molecule has 12 unspecified atom stereocenters. The molecule has 8 fully saturated rings. The van der Waals surface area contributed by atoms with E-state index in [0.29, 0.717) is 12.3 Å². The summed E-state index contributed by atoms with van der Waals surface area (Å²) in [6.07, 6.45) is 5.14. The number of nitrogens with one attached hydrogen (secondary N) is 5. The maximum absolute atomic E-state index is 4.04. The molecule has 30 heavy (non-hydrogen) atoms. The molecular formula is C23H39N7. The topological polar surface area (TPSA) is 66.6 Å². The third-order valence-corrected chi connectivity index (χ3v) is 10.9. The van der Waals surface area contributed by atoms with Gasteiger partial charge in [-0.2, -0.15) is 0 Å². The number of nitrogens with zero attached hydrogens (tertiary/aromatic N) is 2. The van der Waals surface area contributed by atoms with Crippen molar-refractivity contribution in [1.82, 2.24) is 36.4 Å². The molecule has 7 aliphatic heterocycles. The van der Waals surface area contributed by atoms with Crippen molar-refractivity contribution in [2.75, 3.05) is 52.4 Å². The fraction of sp³-hybridized carbons (Fsp3) is 1.00. The van der Waals surface area contributed by atoms with E-state index >= 15 is 0 Å². The first-order valence-corrected chi connectivity index (χ1v) is 13.1. The SMILES string of the molecule is C1CC2C(CN1)C1C3CNCCC3N3C4NCCNC4N4C5CCNCC5C2C4C13. The van der Waals surface area contributed by atoms with Gasteiger partial charge in [0.05, 0.1) is 12.3 Å². The van der Waals surface area contributed by atoms with Crippen molar-refractivity contribution in [3.05, 3.63) is 0 Å². The van der Waals surface area contributed by atoms with Crippen LogP contribution in [0.4, 0.5) is 0 Å². The minimum Gasteiger partial charge on any atom is -0.316 e. The summed E-state index contributed by atoms with van der Waals surface area (Å²) in [6.45, 7) is 9.70. The van der Waals surface area contributed by atoms with Crippen LogP contribution >= 0.6 is 0 Å². The Labute approximate surface area is 180 Å². The second-order valence-corrected chi connectivity index (χ2v) is 11.6. The summed E-state index contributed by atoms with van der Waals surface area (Å²) in [5.41, 5.74) is 0. The van der Waals surface area contributed by atoms with Crippen molar-refractivity contribution in [2.24, 2.45) is 35.5 Å². The molecule has 0 amide bonds. The Morgan fingerprint density at radius 2 is 1.00 bits per heavy atom. The van der Waals surface area contributed by atoms with Gasteiger partial charge in [-0.1, -0.05) is 0 Å². The molecule has 7 heterocycles. The molecule has 5 N–H and O–H groups in total. The van der Waals surface area contributed by atoms with Gasteiger partial charge in [0, 0.05) is 37.3 Å². The molecule has 1 aliphatic carbocycles. The third-order valence-electron chi connectivity index (χ3n) is 10.9. The monoisotopic (exact) mass is 413 g/mol. The summed E-state index contributed by atoms with van der Waals surface area (Å²) >= 11 is 0. The molecule has 0 bridgehead atoms. The average molecular weight is 414 g/mol. The summed E-state index contributed by atoms with van der Waals surface area (Å²) in [6, 6.07) is 3.12. The molecular weight excluding hydrogens is 374 g/mol. The summed E-state index contributed by atoms with van der Waals surface area (Å²) < 4.78 is 0. The summed E-state index contributed by atoms with van der Waals surface area (Å²) in [7, 11) is 0. The highest BCUT2D eigenvalue weighted by molar-refractivity contribution is 5.24. The van der Waals surface area contributed by atoms with E-state index in [1.54, 1.807) is 0 Å². The molecule has 0 aromatic heterocycles. The molecule has 7 nitrogen and oxygen atoms in total. The summed E-state index contributed by atoms with van der Waals surface area (Å²) in [4.78, 5) is 6.17. The van der Waals surface area contributed by atoms with Crippen LogP contribution in [0, 0.1) is 35.5 Å². The normalized spacial score (nSPS) is 59.6. The Morgan fingerprint density at radius 1 is 0.500 bits per heavy atom. The number of rotatable bonds is 0. The minimum absolute atomic E-state index is 0.512. The minimum atomic E-state index is 0.512. The highest BCUT2D eigenvalue weighted by Crippen LogP contribution is 2.62. The van der Waals surface area contributed by atoms with Crippen molar-refractivity contribution in [3.8, 4) is 0 Å². The first kappa shape index (κ1) is 18.2. The lowest BCUT2D eigenvalue weighted by atomic mass is 9.55. The van der Waals surface area contributed by atoms with Gasteiger partial charge < -0.3 is 16.0 Å². The van der Waals surface area contributed by atoms with Crippen molar-refractivity contribution in [2.45, 2.75) is 55.8 Å². The molecule has 0 radical (unpaired) electrons. The van der Waals surface area contributed by atoms with E-state index < -0.39 is 0 Å². The number of fused-ring (bicyclic) bond motifs is 12. The van der Waals surface area contributed by atoms with Gasteiger partial charge in [-0.05, 0) is 94.0 Å². The first-order chi connectivity index (χ1) is 14.9. The molecule has 12 atom stereocenters. The third kappa shape index (κ3) is 2.16. The van der Waals surface area contributed by atoms with Crippen LogP contribution in [0.5, 0.6) is 0 Å². The molecule has 8 aliphatic rings. The van der Waals surface area contributed by atoms with Gasteiger partial charge in [0.25, 0.3) is 0 Å². The van der Waals surface area contributed by atoms with E-state index in [4.69, 9.17) is 0 Å². The van der Waals surface area contributed by atoms with Crippen LogP contribution in [-0.4, -0.2) is 98.7 Å². The first-order valence-electron chi connectivity index (χ1n) is 13.1.